The van der Waals surface area contributed by atoms with Crippen LogP contribution in [0.1, 0.15) is 63.6 Å². The molecule has 1 saturated heterocycles. The van der Waals surface area contributed by atoms with Crippen LogP contribution >= 0.6 is 0 Å². The van der Waals surface area contributed by atoms with E-state index >= 15 is 0 Å². The molecule has 0 aromatic heterocycles. The van der Waals surface area contributed by atoms with E-state index in [1.54, 1.807) is 0 Å². The number of carbonyl (C=O) groups is 1. The van der Waals surface area contributed by atoms with Crippen LogP contribution in [0.5, 0.6) is 0 Å². The monoisotopic (exact) mass is 419 g/mol. The number of nitrogens with zero attached hydrogens (tertiary/aromatic N) is 2. The maximum absolute atomic E-state index is 12.7. The van der Waals surface area contributed by atoms with Gasteiger partial charge in [-0.05, 0) is 40.7 Å². The Labute approximate surface area is 185 Å². The summed E-state index contributed by atoms with van der Waals surface area (Å²) in [6.45, 7) is 10.1. The van der Waals surface area contributed by atoms with Gasteiger partial charge >= 0.3 is 6.03 Å². The summed E-state index contributed by atoms with van der Waals surface area (Å²) >= 11 is 0. The maximum atomic E-state index is 12.7. The molecule has 1 spiro atoms. The SMILES string of the molecule is CCc1ccc(NC(=O)N2CCC3(CC2)CC(c2ccc(C(C)(C)C)cc2)=NO3)cc1. The fourth-order valence-corrected chi connectivity index (χ4v) is 4.25. The third kappa shape index (κ3) is 4.76. The zero-order valence-corrected chi connectivity index (χ0v) is 19.1. The zero-order valence-electron chi connectivity index (χ0n) is 19.1. The van der Waals surface area contributed by atoms with E-state index in [-0.39, 0.29) is 17.0 Å². The predicted octanol–water partition coefficient (Wildman–Crippen LogP) is 5.74. The van der Waals surface area contributed by atoms with E-state index in [0.29, 0.717) is 13.1 Å². The van der Waals surface area contributed by atoms with Gasteiger partial charge in [0.25, 0.3) is 0 Å². The van der Waals surface area contributed by atoms with Crippen molar-refractivity contribution >= 4 is 17.4 Å². The molecule has 2 aliphatic heterocycles. The van der Waals surface area contributed by atoms with Gasteiger partial charge in [-0.3, -0.25) is 0 Å². The van der Waals surface area contributed by atoms with Crippen molar-refractivity contribution in [3.63, 3.8) is 0 Å². The van der Waals surface area contributed by atoms with Gasteiger partial charge in [-0.2, -0.15) is 0 Å². The minimum Gasteiger partial charge on any atom is -0.388 e. The number of amides is 2. The number of carbonyl (C=O) groups excluding carboxylic acids is 1. The minimum absolute atomic E-state index is 0.0454. The molecule has 0 bridgehead atoms. The molecule has 164 valence electrons. The van der Waals surface area contributed by atoms with Crippen molar-refractivity contribution in [1.82, 2.24) is 4.90 Å². The topological polar surface area (TPSA) is 53.9 Å². The molecule has 2 aromatic carbocycles. The van der Waals surface area contributed by atoms with E-state index in [4.69, 9.17) is 4.84 Å². The second kappa shape index (κ2) is 8.37. The van der Waals surface area contributed by atoms with E-state index in [1.807, 2.05) is 17.0 Å². The van der Waals surface area contributed by atoms with Gasteiger partial charge in [0.15, 0.2) is 0 Å². The van der Waals surface area contributed by atoms with Crippen LogP contribution in [0, 0.1) is 0 Å². The van der Waals surface area contributed by atoms with Crippen molar-refractivity contribution in [2.75, 3.05) is 18.4 Å². The summed E-state index contributed by atoms with van der Waals surface area (Å²) < 4.78 is 0. The average molecular weight is 420 g/mol. The predicted molar refractivity (Wildman–Crippen MR) is 126 cm³/mol. The molecular formula is C26H33N3O2. The van der Waals surface area contributed by atoms with Crippen LogP contribution < -0.4 is 5.32 Å². The Kier molecular flexibility index (Phi) is 5.78. The molecule has 1 N–H and O–H groups in total. The van der Waals surface area contributed by atoms with Crippen molar-refractivity contribution in [3.8, 4) is 0 Å². The van der Waals surface area contributed by atoms with Gasteiger partial charge in [0.2, 0.25) is 0 Å². The van der Waals surface area contributed by atoms with E-state index in [0.717, 1.165) is 42.6 Å². The fourth-order valence-electron chi connectivity index (χ4n) is 4.25. The number of benzene rings is 2. The molecule has 31 heavy (non-hydrogen) atoms. The third-order valence-corrected chi connectivity index (χ3v) is 6.50. The van der Waals surface area contributed by atoms with Crippen LogP contribution in [-0.2, 0) is 16.7 Å². The maximum Gasteiger partial charge on any atom is 0.321 e. The molecule has 5 heteroatoms. The van der Waals surface area contributed by atoms with Gasteiger partial charge in [0.05, 0.1) is 5.71 Å². The first-order valence-electron chi connectivity index (χ1n) is 11.3. The van der Waals surface area contributed by atoms with Crippen molar-refractivity contribution in [3.05, 3.63) is 65.2 Å². The Morgan fingerprint density at radius 2 is 1.71 bits per heavy atom. The van der Waals surface area contributed by atoms with E-state index in [1.165, 1.54) is 11.1 Å². The summed E-state index contributed by atoms with van der Waals surface area (Å²) in [5, 5.41) is 7.44. The van der Waals surface area contributed by atoms with Crippen LogP contribution in [0.3, 0.4) is 0 Å². The summed E-state index contributed by atoms with van der Waals surface area (Å²) in [7, 11) is 0. The first kappa shape index (κ1) is 21.4. The highest BCUT2D eigenvalue weighted by Crippen LogP contribution is 2.36. The lowest BCUT2D eigenvalue weighted by Crippen LogP contribution is -2.48. The zero-order chi connectivity index (χ0) is 22.1. The second-order valence-electron chi connectivity index (χ2n) is 9.78. The van der Waals surface area contributed by atoms with Crippen LogP contribution in [-0.4, -0.2) is 35.3 Å². The average Bonchev–Trinajstić information content (AvgIpc) is 3.17. The summed E-state index contributed by atoms with van der Waals surface area (Å²) in [5.74, 6) is 0. The molecule has 4 rings (SSSR count). The number of piperidine rings is 1. The number of hydrogen-bond donors (Lipinski definition) is 1. The number of urea groups is 1. The first-order valence-corrected chi connectivity index (χ1v) is 11.3. The first-order chi connectivity index (χ1) is 14.8. The molecule has 5 nitrogen and oxygen atoms in total. The van der Waals surface area contributed by atoms with E-state index in [9.17, 15) is 4.79 Å². The number of oxime groups is 1. The van der Waals surface area contributed by atoms with Crippen molar-refractivity contribution in [2.45, 2.75) is 64.4 Å². The fraction of sp³-hybridized carbons (Fsp3) is 0.462. The highest BCUT2D eigenvalue weighted by molar-refractivity contribution is 6.01. The lowest BCUT2D eigenvalue weighted by atomic mass is 9.84. The third-order valence-electron chi connectivity index (χ3n) is 6.50. The summed E-state index contributed by atoms with van der Waals surface area (Å²) in [5.41, 5.74) is 5.41. The smallest absolute Gasteiger partial charge is 0.321 e. The standard InChI is InChI=1S/C26H33N3O2/c1-5-19-6-12-22(13-7-19)27-24(30)29-16-14-26(15-17-29)18-23(28-31-26)20-8-10-21(11-9-20)25(2,3)4/h6-13H,5,14-18H2,1-4H3,(H,27,30). The number of likely N-dealkylation sites (tertiary alicyclic amines) is 1. The van der Waals surface area contributed by atoms with Gasteiger partial charge in [0.1, 0.15) is 5.60 Å². The number of aryl methyl sites for hydroxylation is 1. The Balaban J connectivity index is 1.32. The minimum atomic E-state index is -0.280. The highest BCUT2D eigenvalue weighted by Gasteiger charge is 2.43. The van der Waals surface area contributed by atoms with Crippen LogP contribution in [0.4, 0.5) is 10.5 Å². The molecule has 2 heterocycles. The number of hydrogen-bond acceptors (Lipinski definition) is 3. The van der Waals surface area contributed by atoms with E-state index < -0.39 is 0 Å². The second-order valence-corrected chi connectivity index (χ2v) is 9.78. The Bertz CT molecular complexity index is 948. The molecule has 2 aliphatic rings. The molecule has 1 fully saturated rings. The van der Waals surface area contributed by atoms with Gasteiger partial charge in [0, 0.05) is 38.0 Å². The van der Waals surface area contributed by atoms with Gasteiger partial charge in [-0.25, -0.2) is 4.79 Å². The normalized spacial score (nSPS) is 17.9. The van der Waals surface area contributed by atoms with Crippen LogP contribution in [0.15, 0.2) is 53.7 Å². The molecule has 2 aromatic rings. The molecular weight excluding hydrogens is 386 g/mol. The molecule has 2 amide bonds. The van der Waals surface area contributed by atoms with Gasteiger partial charge in [-0.1, -0.05) is 69.2 Å². The molecule has 0 radical (unpaired) electrons. The lowest BCUT2D eigenvalue weighted by Gasteiger charge is -2.37. The summed E-state index contributed by atoms with van der Waals surface area (Å²) in [4.78, 5) is 20.5. The van der Waals surface area contributed by atoms with Crippen molar-refractivity contribution in [2.24, 2.45) is 5.16 Å². The van der Waals surface area contributed by atoms with E-state index in [2.05, 4.69) is 74.6 Å². The Morgan fingerprint density at radius 3 is 2.29 bits per heavy atom. The summed E-state index contributed by atoms with van der Waals surface area (Å²) in [6, 6.07) is 16.7. The Morgan fingerprint density at radius 1 is 1.06 bits per heavy atom. The molecule has 0 saturated carbocycles. The molecule has 0 aliphatic carbocycles. The lowest BCUT2D eigenvalue weighted by molar-refractivity contribution is -0.0544. The van der Waals surface area contributed by atoms with Gasteiger partial charge < -0.3 is 15.1 Å². The van der Waals surface area contributed by atoms with Gasteiger partial charge in [-0.15, -0.1) is 0 Å². The molecule has 0 atom stereocenters. The van der Waals surface area contributed by atoms with Crippen molar-refractivity contribution < 1.29 is 9.63 Å². The summed E-state index contributed by atoms with van der Waals surface area (Å²) in [6.07, 6.45) is 3.38. The quantitative estimate of drug-likeness (QED) is 0.690. The van der Waals surface area contributed by atoms with Crippen LogP contribution in [0.25, 0.3) is 0 Å². The highest BCUT2D eigenvalue weighted by atomic mass is 16.7. The van der Waals surface area contributed by atoms with Crippen LogP contribution in [0.2, 0.25) is 0 Å². The largest absolute Gasteiger partial charge is 0.388 e. The van der Waals surface area contributed by atoms with Crippen molar-refractivity contribution in [1.29, 1.82) is 0 Å². The number of nitrogens with one attached hydrogen (secondary N) is 1. The Hall–Kier alpha value is -2.82. The molecule has 0 unspecified atom stereocenters. The number of anilines is 1. The number of rotatable bonds is 3.